The van der Waals surface area contributed by atoms with Crippen LogP contribution in [0.1, 0.15) is 16.7 Å². The highest BCUT2D eigenvalue weighted by Gasteiger charge is 2.29. The van der Waals surface area contributed by atoms with Gasteiger partial charge in [-0.1, -0.05) is 81.7 Å². The number of rotatable bonds is 2. The quantitative estimate of drug-likeness (QED) is 0.271. The van der Waals surface area contributed by atoms with Gasteiger partial charge in [0.2, 0.25) is 0 Å². The smallest absolute Gasteiger partial charge is 0.136 e. The monoisotopic (exact) mass is 453 g/mol. The summed E-state index contributed by atoms with van der Waals surface area (Å²) in [5.41, 5.74) is 6.14. The van der Waals surface area contributed by atoms with Crippen molar-refractivity contribution < 1.29 is 5.21 Å². The van der Waals surface area contributed by atoms with Crippen molar-refractivity contribution in [2.45, 2.75) is 0 Å². The second-order valence-corrected chi connectivity index (χ2v) is 7.94. The lowest BCUT2D eigenvalue weighted by molar-refractivity contribution is 0.320. The Morgan fingerprint density at radius 3 is 2.27 bits per heavy atom. The van der Waals surface area contributed by atoms with Crippen LogP contribution in [0.2, 0.25) is 0 Å². The minimum absolute atomic E-state index is 0.189. The molecular formula is C25H16BrN3O. The van der Waals surface area contributed by atoms with Crippen LogP contribution < -0.4 is 0 Å². The van der Waals surface area contributed by atoms with E-state index in [2.05, 4.69) is 21.1 Å². The Labute approximate surface area is 181 Å². The summed E-state index contributed by atoms with van der Waals surface area (Å²) in [5.74, 6) is 0. The Kier molecular flexibility index (Phi) is 4.52. The second kappa shape index (κ2) is 7.35. The fourth-order valence-corrected chi connectivity index (χ4v) is 4.13. The van der Waals surface area contributed by atoms with Crippen molar-refractivity contribution in [3.8, 4) is 11.3 Å². The van der Waals surface area contributed by atoms with E-state index in [1.807, 2.05) is 84.9 Å². The minimum atomic E-state index is 0.189. The van der Waals surface area contributed by atoms with Gasteiger partial charge in [-0.3, -0.25) is 5.41 Å². The molecule has 0 unspecified atom stereocenters. The van der Waals surface area contributed by atoms with E-state index in [0.717, 1.165) is 43.3 Å². The second-order valence-electron chi connectivity index (χ2n) is 7.02. The molecule has 3 aromatic carbocycles. The summed E-state index contributed by atoms with van der Waals surface area (Å²) >= 11 is 3.49. The lowest BCUT2D eigenvalue weighted by Crippen LogP contribution is -2.22. The number of hydrogen-bond donors (Lipinski definition) is 2. The van der Waals surface area contributed by atoms with Crippen LogP contribution >= 0.6 is 15.9 Å². The molecule has 1 aromatic heterocycles. The fraction of sp³-hybridized carbons (Fsp3) is 0. The van der Waals surface area contributed by atoms with E-state index in [-0.39, 0.29) is 11.4 Å². The topological polar surface area (TPSA) is 69.3 Å². The first kappa shape index (κ1) is 18.5. The fourth-order valence-electron chi connectivity index (χ4n) is 3.86. The van der Waals surface area contributed by atoms with Crippen molar-refractivity contribution in [1.29, 1.82) is 5.41 Å². The van der Waals surface area contributed by atoms with Crippen molar-refractivity contribution in [2.75, 3.05) is 0 Å². The number of pyridine rings is 1. The number of oxime groups is 1. The maximum Gasteiger partial charge on any atom is 0.136 e. The van der Waals surface area contributed by atoms with E-state index in [1.165, 1.54) is 0 Å². The molecule has 1 heterocycles. The van der Waals surface area contributed by atoms with Crippen LogP contribution in [0.3, 0.4) is 0 Å². The van der Waals surface area contributed by atoms with E-state index in [4.69, 9.17) is 10.4 Å². The number of benzene rings is 3. The number of nitrogens with one attached hydrogen (secondary N) is 1. The Morgan fingerprint density at radius 1 is 0.833 bits per heavy atom. The van der Waals surface area contributed by atoms with E-state index < -0.39 is 0 Å². The standard InChI is InChI=1S/C25H16BrN3O/c26-17-12-10-16(11-13-17)24-20-14-19(15-6-2-1-3-7-15)23(27)25(29-30)22(20)18-8-4-5-9-21(18)28-24/h1-14,27,30H/b27-23?,29-25-. The summed E-state index contributed by atoms with van der Waals surface area (Å²) < 4.78 is 0.987. The van der Waals surface area contributed by atoms with Crippen molar-refractivity contribution in [2.24, 2.45) is 5.16 Å². The molecule has 0 aliphatic heterocycles. The zero-order valence-corrected chi connectivity index (χ0v) is 17.4. The molecule has 0 saturated carbocycles. The third-order valence-corrected chi connectivity index (χ3v) is 5.79. The largest absolute Gasteiger partial charge is 0.410 e. The summed E-state index contributed by atoms with van der Waals surface area (Å²) in [6.45, 7) is 0. The Hall–Kier alpha value is -3.57. The van der Waals surface area contributed by atoms with Crippen LogP contribution in [0.4, 0.5) is 0 Å². The summed E-state index contributed by atoms with van der Waals surface area (Å²) in [5, 5.41) is 23.1. The van der Waals surface area contributed by atoms with Gasteiger partial charge in [-0.2, -0.15) is 0 Å². The average molecular weight is 454 g/mol. The molecule has 0 fully saturated rings. The van der Waals surface area contributed by atoms with E-state index >= 15 is 0 Å². The van der Waals surface area contributed by atoms with Gasteiger partial charge < -0.3 is 5.21 Å². The molecular weight excluding hydrogens is 438 g/mol. The molecule has 4 nitrogen and oxygen atoms in total. The molecule has 0 atom stereocenters. The third kappa shape index (κ3) is 2.95. The number of halogens is 1. The Bertz CT molecular complexity index is 1360. The molecule has 0 amide bonds. The van der Waals surface area contributed by atoms with Gasteiger partial charge in [-0.05, 0) is 29.8 Å². The molecule has 0 saturated heterocycles. The maximum atomic E-state index is 9.92. The molecule has 5 rings (SSSR count). The highest BCUT2D eigenvalue weighted by molar-refractivity contribution is 9.10. The van der Waals surface area contributed by atoms with Crippen LogP contribution in [0.25, 0.3) is 33.8 Å². The zero-order chi connectivity index (χ0) is 20.7. The van der Waals surface area contributed by atoms with Gasteiger partial charge >= 0.3 is 0 Å². The molecule has 0 spiro atoms. The van der Waals surface area contributed by atoms with Gasteiger partial charge in [0, 0.05) is 32.1 Å². The van der Waals surface area contributed by atoms with Gasteiger partial charge in [-0.15, -0.1) is 0 Å². The Morgan fingerprint density at radius 2 is 1.53 bits per heavy atom. The number of allylic oxidation sites excluding steroid dienone is 1. The van der Waals surface area contributed by atoms with Crippen LogP contribution in [0, 0.1) is 5.41 Å². The molecule has 144 valence electrons. The van der Waals surface area contributed by atoms with Crippen LogP contribution in [-0.4, -0.2) is 21.6 Å². The van der Waals surface area contributed by atoms with Gasteiger partial charge in [0.1, 0.15) is 5.71 Å². The number of hydrogen-bond acceptors (Lipinski definition) is 4. The molecule has 5 heteroatoms. The van der Waals surface area contributed by atoms with Crippen LogP contribution in [0.15, 0.2) is 88.5 Å². The number of nitrogens with zero attached hydrogens (tertiary/aromatic N) is 2. The summed E-state index contributed by atoms with van der Waals surface area (Å²) in [6.07, 6.45) is 1.98. The van der Waals surface area contributed by atoms with Crippen molar-refractivity contribution in [3.05, 3.63) is 100 Å². The molecule has 30 heavy (non-hydrogen) atoms. The Balaban J connectivity index is 1.90. The number of para-hydroxylation sites is 1. The molecule has 2 N–H and O–H groups in total. The predicted octanol–water partition coefficient (Wildman–Crippen LogP) is 6.42. The lowest BCUT2D eigenvalue weighted by atomic mass is 9.82. The number of aromatic nitrogens is 1. The first-order chi connectivity index (χ1) is 14.7. The average Bonchev–Trinajstić information content (AvgIpc) is 2.79. The van der Waals surface area contributed by atoms with Gasteiger partial charge in [-0.25, -0.2) is 4.98 Å². The van der Waals surface area contributed by atoms with Gasteiger partial charge in [0.25, 0.3) is 0 Å². The van der Waals surface area contributed by atoms with Crippen molar-refractivity contribution in [3.63, 3.8) is 0 Å². The van der Waals surface area contributed by atoms with Crippen molar-refractivity contribution in [1.82, 2.24) is 4.98 Å². The highest BCUT2D eigenvalue weighted by Crippen LogP contribution is 2.38. The first-order valence-corrected chi connectivity index (χ1v) is 10.2. The lowest BCUT2D eigenvalue weighted by Gasteiger charge is -2.23. The van der Waals surface area contributed by atoms with Crippen LogP contribution in [0.5, 0.6) is 0 Å². The summed E-state index contributed by atoms with van der Waals surface area (Å²) in [6, 6.07) is 25.4. The molecule has 0 radical (unpaired) electrons. The molecule has 0 bridgehead atoms. The van der Waals surface area contributed by atoms with E-state index in [9.17, 15) is 5.21 Å². The first-order valence-electron chi connectivity index (χ1n) is 9.45. The minimum Gasteiger partial charge on any atom is -0.410 e. The number of fused-ring (bicyclic) bond motifs is 3. The maximum absolute atomic E-state index is 9.92. The SMILES string of the molecule is N=C1C(c2ccccc2)=Cc2c(-c3ccc(Br)cc3)nc3ccccc3c2/C1=N/O. The summed E-state index contributed by atoms with van der Waals surface area (Å²) in [7, 11) is 0. The normalized spacial score (nSPS) is 14.6. The summed E-state index contributed by atoms with van der Waals surface area (Å²) in [4.78, 5) is 4.94. The van der Waals surface area contributed by atoms with Gasteiger partial charge in [0.05, 0.1) is 16.9 Å². The highest BCUT2D eigenvalue weighted by atomic mass is 79.9. The van der Waals surface area contributed by atoms with Gasteiger partial charge in [0.15, 0.2) is 0 Å². The predicted molar refractivity (Wildman–Crippen MR) is 125 cm³/mol. The third-order valence-electron chi connectivity index (χ3n) is 5.26. The molecule has 4 aromatic rings. The van der Waals surface area contributed by atoms with Crippen LogP contribution in [-0.2, 0) is 0 Å². The van der Waals surface area contributed by atoms with E-state index in [0.29, 0.717) is 5.57 Å². The van der Waals surface area contributed by atoms with Crippen molar-refractivity contribution >= 4 is 49.9 Å². The molecule has 1 aliphatic rings. The van der Waals surface area contributed by atoms with E-state index in [1.54, 1.807) is 0 Å². The zero-order valence-electron chi connectivity index (χ0n) is 15.8. The molecule has 1 aliphatic carbocycles.